The standard InChI is InChI=1S/C22H26N2O5S/c1-18-4-2-3-5-21(18)29-15-12-23-22(25)11-8-19-6-9-20(10-7-19)30(26,27)24-13-16-28-17-14-24/h2-11H,12-17H2,1H3,(H,23,25)/b11-8+. The van der Waals surface area contributed by atoms with Crippen LogP contribution in [0, 0.1) is 6.92 Å². The number of ether oxygens (including phenoxy) is 2. The summed E-state index contributed by atoms with van der Waals surface area (Å²) in [5, 5.41) is 2.76. The Bertz CT molecular complexity index is 981. The molecule has 0 unspecified atom stereocenters. The van der Waals surface area contributed by atoms with E-state index in [1.165, 1.54) is 10.4 Å². The van der Waals surface area contributed by atoms with Crippen LogP contribution in [0.15, 0.2) is 59.5 Å². The molecule has 1 aliphatic heterocycles. The Hall–Kier alpha value is -2.68. The predicted octanol–water partition coefficient (Wildman–Crippen LogP) is 2.22. The molecular weight excluding hydrogens is 404 g/mol. The number of carbonyl (C=O) groups is 1. The van der Waals surface area contributed by atoms with Crippen LogP contribution in [0.25, 0.3) is 6.08 Å². The molecule has 0 aliphatic carbocycles. The van der Waals surface area contributed by atoms with Crippen LogP contribution in [0.3, 0.4) is 0 Å². The number of nitrogens with zero attached hydrogens (tertiary/aromatic N) is 1. The fraction of sp³-hybridized carbons (Fsp3) is 0.318. The number of sulfonamides is 1. The third-order valence-corrected chi connectivity index (χ3v) is 6.58. The van der Waals surface area contributed by atoms with Gasteiger partial charge in [-0.3, -0.25) is 4.79 Å². The van der Waals surface area contributed by atoms with Crippen molar-refractivity contribution >= 4 is 22.0 Å². The largest absolute Gasteiger partial charge is 0.491 e. The molecule has 0 saturated carbocycles. The van der Waals surface area contributed by atoms with Gasteiger partial charge in [0.15, 0.2) is 0 Å². The van der Waals surface area contributed by atoms with E-state index < -0.39 is 10.0 Å². The molecule has 0 spiro atoms. The number of benzene rings is 2. The second-order valence-electron chi connectivity index (χ2n) is 6.82. The third-order valence-electron chi connectivity index (χ3n) is 4.67. The normalized spacial score (nSPS) is 15.2. The summed E-state index contributed by atoms with van der Waals surface area (Å²) in [7, 11) is -3.52. The van der Waals surface area contributed by atoms with Crippen LogP contribution in [-0.4, -0.2) is 58.1 Å². The minimum Gasteiger partial charge on any atom is -0.491 e. The van der Waals surface area contributed by atoms with E-state index in [1.54, 1.807) is 30.3 Å². The van der Waals surface area contributed by atoms with Crippen molar-refractivity contribution in [3.05, 3.63) is 65.7 Å². The lowest BCUT2D eigenvalue weighted by Gasteiger charge is -2.26. The average molecular weight is 431 g/mol. The van der Waals surface area contributed by atoms with Crippen LogP contribution in [0.5, 0.6) is 5.75 Å². The SMILES string of the molecule is Cc1ccccc1OCCNC(=O)/C=C/c1ccc(S(=O)(=O)N2CCOCC2)cc1. The van der Waals surface area contributed by atoms with Crippen molar-refractivity contribution in [1.29, 1.82) is 0 Å². The van der Waals surface area contributed by atoms with Gasteiger partial charge in [0, 0.05) is 19.2 Å². The monoisotopic (exact) mass is 430 g/mol. The molecule has 0 radical (unpaired) electrons. The summed E-state index contributed by atoms with van der Waals surface area (Å²) in [5.74, 6) is 0.558. The average Bonchev–Trinajstić information content (AvgIpc) is 2.77. The molecule has 30 heavy (non-hydrogen) atoms. The summed E-state index contributed by atoms with van der Waals surface area (Å²) < 4.78 is 37.5. The molecule has 3 rings (SSSR count). The smallest absolute Gasteiger partial charge is 0.244 e. The fourth-order valence-corrected chi connectivity index (χ4v) is 4.38. The Morgan fingerprint density at radius 3 is 2.53 bits per heavy atom. The molecule has 1 heterocycles. The maximum atomic E-state index is 12.6. The predicted molar refractivity (Wildman–Crippen MR) is 115 cm³/mol. The summed E-state index contributed by atoms with van der Waals surface area (Å²) in [6.45, 7) is 4.26. The van der Waals surface area contributed by atoms with Crippen molar-refractivity contribution in [3.63, 3.8) is 0 Å². The molecule has 1 saturated heterocycles. The first-order chi connectivity index (χ1) is 14.5. The molecule has 0 bridgehead atoms. The molecule has 8 heteroatoms. The van der Waals surface area contributed by atoms with E-state index in [9.17, 15) is 13.2 Å². The minimum absolute atomic E-state index is 0.236. The highest BCUT2D eigenvalue weighted by Crippen LogP contribution is 2.18. The Balaban J connectivity index is 1.47. The van der Waals surface area contributed by atoms with Crippen molar-refractivity contribution < 1.29 is 22.7 Å². The Morgan fingerprint density at radius 1 is 1.13 bits per heavy atom. The molecule has 0 aromatic heterocycles. The second-order valence-corrected chi connectivity index (χ2v) is 8.76. The summed E-state index contributed by atoms with van der Waals surface area (Å²) in [6.07, 6.45) is 3.06. The Morgan fingerprint density at radius 2 is 1.83 bits per heavy atom. The van der Waals surface area contributed by atoms with Gasteiger partial charge in [0.25, 0.3) is 0 Å². The molecule has 2 aromatic rings. The lowest BCUT2D eigenvalue weighted by atomic mass is 10.2. The Kier molecular flexibility index (Phi) is 7.62. The van der Waals surface area contributed by atoms with Gasteiger partial charge in [0.05, 0.1) is 24.7 Å². The van der Waals surface area contributed by atoms with Crippen LogP contribution < -0.4 is 10.1 Å². The number of hydrogen-bond donors (Lipinski definition) is 1. The number of carbonyl (C=O) groups excluding carboxylic acids is 1. The van der Waals surface area contributed by atoms with Crippen molar-refractivity contribution in [2.24, 2.45) is 0 Å². The summed E-state index contributed by atoms with van der Waals surface area (Å²) in [5.41, 5.74) is 1.78. The van der Waals surface area contributed by atoms with E-state index in [0.717, 1.165) is 16.9 Å². The van der Waals surface area contributed by atoms with Crippen molar-refractivity contribution in [2.75, 3.05) is 39.5 Å². The lowest BCUT2D eigenvalue weighted by Crippen LogP contribution is -2.40. The van der Waals surface area contributed by atoms with E-state index >= 15 is 0 Å². The number of amides is 1. The van der Waals surface area contributed by atoms with Gasteiger partial charge in [-0.05, 0) is 42.3 Å². The zero-order valence-corrected chi connectivity index (χ0v) is 17.7. The zero-order chi connectivity index (χ0) is 21.4. The molecule has 1 N–H and O–H groups in total. The maximum Gasteiger partial charge on any atom is 0.244 e. The van der Waals surface area contributed by atoms with Gasteiger partial charge in [-0.25, -0.2) is 8.42 Å². The molecule has 1 amide bonds. The second kappa shape index (κ2) is 10.4. The number of para-hydroxylation sites is 1. The van der Waals surface area contributed by atoms with Gasteiger partial charge < -0.3 is 14.8 Å². The van der Waals surface area contributed by atoms with Crippen LogP contribution in [0.4, 0.5) is 0 Å². The molecule has 7 nitrogen and oxygen atoms in total. The first-order valence-electron chi connectivity index (χ1n) is 9.79. The van der Waals surface area contributed by atoms with Crippen molar-refractivity contribution in [1.82, 2.24) is 9.62 Å². The summed E-state index contributed by atoms with van der Waals surface area (Å²) >= 11 is 0. The maximum absolute atomic E-state index is 12.6. The third kappa shape index (κ3) is 5.91. The van der Waals surface area contributed by atoms with Crippen molar-refractivity contribution in [3.8, 4) is 5.75 Å². The first-order valence-corrected chi connectivity index (χ1v) is 11.2. The van der Waals surface area contributed by atoms with Gasteiger partial charge in [-0.15, -0.1) is 0 Å². The van der Waals surface area contributed by atoms with Gasteiger partial charge in [-0.1, -0.05) is 30.3 Å². The first kappa shape index (κ1) is 22.0. The lowest BCUT2D eigenvalue weighted by molar-refractivity contribution is -0.116. The van der Waals surface area contributed by atoms with Crippen LogP contribution in [0.2, 0.25) is 0 Å². The fourth-order valence-electron chi connectivity index (χ4n) is 2.97. The van der Waals surface area contributed by atoms with Gasteiger partial charge in [0.2, 0.25) is 15.9 Å². The number of nitrogens with one attached hydrogen (secondary N) is 1. The molecule has 0 atom stereocenters. The number of morpholine rings is 1. The Labute approximate surface area is 177 Å². The van der Waals surface area contributed by atoms with E-state index in [2.05, 4.69) is 5.32 Å². The molecular formula is C22H26N2O5S. The van der Waals surface area contributed by atoms with Gasteiger partial charge in [-0.2, -0.15) is 4.31 Å². The minimum atomic E-state index is -3.52. The van der Waals surface area contributed by atoms with Crippen molar-refractivity contribution in [2.45, 2.75) is 11.8 Å². The van der Waals surface area contributed by atoms with Gasteiger partial charge in [0.1, 0.15) is 12.4 Å². The van der Waals surface area contributed by atoms with E-state index in [0.29, 0.717) is 39.5 Å². The highest BCUT2D eigenvalue weighted by Gasteiger charge is 2.25. The van der Waals surface area contributed by atoms with E-state index in [4.69, 9.17) is 9.47 Å². The van der Waals surface area contributed by atoms with Crippen LogP contribution in [0.1, 0.15) is 11.1 Å². The summed E-state index contributed by atoms with van der Waals surface area (Å²) in [6, 6.07) is 14.2. The topological polar surface area (TPSA) is 84.9 Å². The van der Waals surface area contributed by atoms with E-state index in [1.807, 2.05) is 31.2 Å². The highest BCUT2D eigenvalue weighted by molar-refractivity contribution is 7.89. The number of hydrogen-bond acceptors (Lipinski definition) is 5. The highest BCUT2D eigenvalue weighted by atomic mass is 32.2. The van der Waals surface area contributed by atoms with Crippen LogP contribution >= 0.6 is 0 Å². The molecule has 1 fully saturated rings. The number of aryl methyl sites for hydroxylation is 1. The van der Waals surface area contributed by atoms with Crippen LogP contribution in [-0.2, 0) is 19.6 Å². The van der Waals surface area contributed by atoms with E-state index in [-0.39, 0.29) is 10.8 Å². The molecule has 160 valence electrons. The molecule has 2 aromatic carbocycles. The zero-order valence-electron chi connectivity index (χ0n) is 16.9. The quantitative estimate of drug-likeness (QED) is 0.513. The van der Waals surface area contributed by atoms with Gasteiger partial charge >= 0.3 is 0 Å². The molecule has 1 aliphatic rings. The summed E-state index contributed by atoms with van der Waals surface area (Å²) in [4.78, 5) is 12.2. The number of rotatable bonds is 8.